The fourth-order valence-corrected chi connectivity index (χ4v) is 2.93. The van der Waals surface area contributed by atoms with Crippen LogP contribution in [-0.4, -0.2) is 6.04 Å². The van der Waals surface area contributed by atoms with Gasteiger partial charge in [0.25, 0.3) is 0 Å². The Hall–Kier alpha value is -0.298. The van der Waals surface area contributed by atoms with Gasteiger partial charge in [-0.05, 0) is 18.3 Å². The Morgan fingerprint density at radius 3 is 3.00 bits per heavy atom. The molecule has 18 heavy (non-hydrogen) atoms. The molecule has 3 nitrogen and oxygen atoms in total. The number of rotatable bonds is 1. The van der Waals surface area contributed by atoms with Crippen molar-refractivity contribution in [3.05, 3.63) is 38.9 Å². The van der Waals surface area contributed by atoms with E-state index in [9.17, 15) is 4.79 Å². The minimum Gasteiger partial charge on any atom is -0.461 e. The summed E-state index contributed by atoms with van der Waals surface area (Å²) in [6.07, 6.45) is 4.63. The van der Waals surface area contributed by atoms with Crippen LogP contribution in [-0.2, 0) is 11.8 Å². The molecular weight excluding hydrogens is 452 g/mol. The zero-order valence-electron chi connectivity index (χ0n) is 10.7. The van der Waals surface area contributed by atoms with Crippen LogP contribution in [0.3, 0.4) is 0 Å². The average molecular weight is 468 g/mol. The molecule has 2 unspecified atom stereocenters. The summed E-state index contributed by atoms with van der Waals surface area (Å²) in [4.78, 5) is 11.6. The zero-order valence-corrected chi connectivity index (χ0v) is 14.8. The Kier molecular flexibility index (Phi) is 3.66. The first-order valence-corrected chi connectivity index (χ1v) is 6.09. The summed E-state index contributed by atoms with van der Waals surface area (Å²) in [5, 5.41) is 0. The van der Waals surface area contributed by atoms with Crippen molar-refractivity contribution in [2.45, 2.75) is 44.6 Å². The van der Waals surface area contributed by atoms with Crippen LogP contribution >= 0.6 is 0 Å². The van der Waals surface area contributed by atoms with Crippen molar-refractivity contribution in [3.8, 4) is 0 Å². The maximum Gasteiger partial charge on any atom is 0.241 e. The fourth-order valence-electron chi connectivity index (χ4n) is 2.93. The van der Waals surface area contributed by atoms with Gasteiger partial charge in [0.05, 0.1) is 0 Å². The van der Waals surface area contributed by atoms with Crippen molar-refractivity contribution in [2.75, 3.05) is 0 Å². The Balaban J connectivity index is 0.00000120. The maximum absolute atomic E-state index is 11.6. The summed E-state index contributed by atoms with van der Waals surface area (Å²) < 4.78 is 5.24. The molecule has 0 saturated heterocycles. The number of nitrogens with two attached hydrogens (primary N) is 1. The zero-order chi connectivity index (χ0) is 12.2. The largest absolute Gasteiger partial charge is 0.461 e. The monoisotopic (exact) mass is 468 g/mol. The van der Waals surface area contributed by atoms with Crippen LogP contribution in [0.15, 0.2) is 14.8 Å². The third kappa shape index (κ3) is 1.95. The Morgan fingerprint density at radius 1 is 1.61 bits per heavy atom. The molecule has 2 aliphatic carbocycles. The van der Waals surface area contributed by atoms with E-state index >= 15 is 0 Å². The first-order valence-electron chi connectivity index (χ1n) is 6.09. The van der Waals surface area contributed by atoms with E-state index in [0.29, 0.717) is 6.42 Å². The Morgan fingerprint density at radius 2 is 2.33 bits per heavy atom. The topological polar surface area (TPSA) is 56.2 Å². The molecule has 0 fully saturated rings. The smallest absolute Gasteiger partial charge is 0.241 e. The normalized spacial score (nSPS) is 28.4. The van der Waals surface area contributed by atoms with E-state index in [1.54, 1.807) is 0 Å². The average Bonchev–Trinajstić information content (AvgIpc) is 2.29. The van der Waals surface area contributed by atoms with Crippen molar-refractivity contribution in [2.24, 2.45) is 5.73 Å². The first kappa shape index (κ1) is 14.1. The van der Waals surface area contributed by atoms with Crippen molar-refractivity contribution >= 4 is 6.08 Å². The first-order chi connectivity index (χ1) is 8.03. The van der Waals surface area contributed by atoms with E-state index in [4.69, 9.17) is 10.2 Å². The summed E-state index contributed by atoms with van der Waals surface area (Å²) in [6.45, 7) is 4.32. The van der Waals surface area contributed by atoms with Gasteiger partial charge in [-0.25, -0.2) is 0 Å². The predicted molar refractivity (Wildman–Crippen MR) is 65.7 cm³/mol. The molecule has 2 atom stereocenters. The molecule has 2 bridgehead atoms. The molecule has 0 saturated carbocycles. The summed E-state index contributed by atoms with van der Waals surface area (Å²) >= 11 is 0. The number of hydrogen-bond acceptors (Lipinski definition) is 3. The van der Waals surface area contributed by atoms with Gasteiger partial charge in [-0.1, -0.05) is 19.4 Å². The van der Waals surface area contributed by atoms with Gasteiger partial charge in [-0.15, -0.1) is 11.6 Å². The van der Waals surface area contributed by atoms with Gasteiger partial charge in [0.15, 0.2) is 0 Å². The van der Waals surface area contributed by atoms with Crippen molar-refractivity contribution in [1.29, 1.82) is 0 Å². The van der Waals surface area contributed by atoms with E-state index in [1.807, 2.05) is 0 Å². The van der Waals surface area contributed by atoms with Crippen LogP contribution in [0.4, 0.5) is 0 Å². The van der Waals surface area contributed by atoms with Gasteiger partial charge >= 0.3 is 0 Å². The van der Waals surface area contributed by atoms with Gasteiger partial charge in [0, 0.05) is 49.3 Å². The van der Waals surface area contributed by atoms with Crippen LogP contribution in [0.25, 0.3) is 6.08 Å². The van der Waals surface area contributed by atoms with E-state index in [1.165, 1.54) is 5.57 Å². The summed E-state index contributed by atoms with van der Waals surface area (Å²) in [6, 6.07) is 2.86. The van der Waals surface area contributed by atoms with E-state index in [0.717, 1.165) is 29.7 Å². The molecule has 0 amide bonds. The molecule has 1 aromatic heterocycles. The summed E-state index contributed by atoms with van der Waals surface area (Å²) in [5.74, 6) is 0.736. The maximum atomic E-state index is 11.6. The second-order valence-corrected chi connectivity index (χ2v) is 5.35. The van der Waals surface area contributed by atoms with Crippen LogP contribution in [0.1, 0.15) is 43.6 Å². The standard InChI is InChI=1S/C14H16NO2.U/c1-3-14(2)7-8-4-9-10(14)5-13(16)17-12(9)6-11(8)15;/h4,11H,3,6-7,15H2,1-2H3;/q-1;. The molecule has 3 rings (SSSR count). The van der Waals surface area contributed by atoms with Crippen LogP contribution < -0.4 is 11.4 Å². The minimum atomic E-state index is -0.371. The second kappa shape index (κ2) is 4.67. The quantitative estimate of drug-likeness (QED) is 0.640. The van der Waals surface area contributed by atoms with Gasteiger partial charge in [-0.3, -0.25) is 4.79 Å². The third-order valence-electron chi connectivity index (χ3n) is 4.20. The van der Waals surface area contributed by atoms with Gasteiger partial charge in [-0.2, -0.15) is 11.6 Å². The van der Waals surface area contributed by atoms with E-state index in [2.05, 4.69) is 26.0 Å². The fraction of sp³-hybridized carbons (Fsp3) is 0.500. The molecule has 0 radical (unpaired) electrons. The third-order valence-corrected chi connectivity index (χ3v) is 4.20. The predicted octanol–water partition coefficient (Wildman–Crippen LogP) is 1.78. The molecule has 1 heterocycles. The molecule has 2 aliphatic rings. The van der Waals surface area contributed by atoms with Crippen molar-refractivity contribution < 1.29 is 35.5 Å². The molecule has 1 aromatic rings. The molecular formula is C14H16NO2U-. The van der Waals surface area contributed by atoms with E-state index < -0.39 is 0 Å². The molecule has 94 valence electrons. The summed E-state index contributed by atoms with van der Waals surface area (Å²) in [7, 11) is 0. The van der Waals surface area contributed by atoms with Gasteiger partial charge in [0.2, 0.25) is 5.63 Å². The van der Waals surface area contributed by atoms with Crippen molar-refractivity contribution in [3.63, 3.8) is 0 Å². The van der Waals surface area contributed by atoms with Crippen LogP contribution in [0.5, 0.6) is 0 Å². The SMILES string of the molecule is CCC1(C)CC2=Cc3c1[c-]c(=O)oc3CC2N.[U]. The number of hydrogen-bond donors (Lipinski definition) is 1. The van der Waals surface area contributed by atoms with Crippen molar-refractivity contribution in [1.82, 2.24) is 0 Å². The van der Waals surface area contributed by atoms with E-state index in [-0.39, 0.29) is 48.2 Å². The second-order valence-electron chi connectivity index (χ2n) is 5.35. The molecule has 0 aromatic carbocycles. The minimum absolute atomic E-state index is 0. The molecule has 4 heteroatoms. The molecule has 0 spiro atoms. The van der Waals surface area contributed by atoms with Gasteiger partial charge in [0.1, 0.15) is 0 Å². The Labute approximate surface area is 130 Å². The summed E-state index contributed by atoms with van der Waals surface area (Å²) in [5.41, 5.74) is 9.07. The van der Waals surface area contributed by atoms with Gasteiger partial charge < -0.3 is 10.2 Å². The Bertz CT molecular complexity index is 576. The van der Waals surface area contributed by atoms with Crippen LogP contribution in [0.2, 0.25) is 0 Å². The molecule has 2 N–H and O–H groups in total. The molecule has 0 aliphatic heterocycles. The van der Waals surface area contributed by atoms with Crippen LogP contribution in [0, 0.1) is 37.2 Å².